The van der Waals surface area contributed by atoms with Crippen LogP contribution < -0.4 is 0 Å². The number of nitrogens with zero attached hydrogens (tertiary/aromatic N) is 2. The van der Waals surface area contributed by atoms with Gasteiger partial charge in [-0.3, -0.25) is 4.79 Å². The first kappa shape index (κ1) is 15.5. The molecule has 0 N–H and O–H groups in total. The van der Waals surface area contributed by atoms with Gasteiger partial charge in [-0.25, -0.2) is 8.42 Å². The minimum Gasteiger partial charge on any atom is -0.336 e. The summed E-state index contributed by atoms with van der Waals surface area (Å²) in [5.41, 5.74) is 0.617. The van der Waals surface area contributed by atoms with Crippen molar-refractivity contribution in [3.8, 4) is 0 Å². The summed E-state index contributed by atoms with van der Waals surface area (Å²) in [5, 5.41) is 0. The molecule has 0 bridgehead atoms. The molecular weight excluding hydrogens is 344 g/mol. The van der Waals surface area contributed by atoms with Crippen LogP contribution in [-0.4, -0.2) is 55.5 Å². The minimum atomic E-state index is -3.15. The average Bonchev–Trinajstić information content (AvgIpc) is 2.46. The highest BCUT2D eigenvalue weighted by Crippen LogP contribution is 2.15. The Bertz CT molecular complexity index is 595. The van der Waals surface area contributed by atoms with Crippen molar-refractivity contribution in [2.75, 3.05) is 31.9 Å². The maximum atomic E-state index is 12.3. The van der Waals surface area contributed by atoms with Gasteiger partial charge >= 0.3 is 0 Å². The number of hydrogen-bond acceptors (Lipinski definition) is 3. The van der Waals surface area contributed by atoms with Crippen molar-refractivity contribution in [1.82, 2.24) is 9.21 Å². The first-order valence-corrected chi connectivity index (χ1v) is 8.87. The largest absolute Gasteiger partial charge is 0.336 e. The van der Waals surface area contributed by atoms with E-state index in [2.05, 4.69) is 15.9 Å². The number of piperazine rings is 1. The van der Waals surface area contributed by atoms with E-state index >= 15 is 0 Å². The molecule has 5 nitrogen and oxygen atoms in total. The molecule has 1 fully saturated rings. The molecule has 0 unspecified atom stereocenters. The zero-order valence-corrected chi connectivity index (χ0v) is 13.7. The van der Waals surface area contributed by atoms with Crippen LogP contribution in [0.3, 0.4) is 0 Å². The zero-order valence-electron chi connectivity index (χ0n) is 11.3. The molecule has 1 aliphatic rings. The predicted octanol–water partition coefficient (Wildman–Crippen LogP) is 1.56. The summed E-state index contributed by atoms with van der Waals surface area (Å²) in [6.07, 6.45) is 0. The van der Waals surface area contributed by atoms with Gasteiger partial charge in [-0.1, -0.05) is 22.0 Å². The Morgan fingerprint density at radius 2 is 1.90 bits per heavy atom. The molecule has 0 radical (unpaired) electrons. The molecule has 1 aliphatic heterocycles. The normalized spacial score (nSPS) is 17.2. The van der Waals surface area contributed by atoms with Gasteiger partial charge in [0.05, 0.1) is 5.75 Å². The summed E-state index contributed by atoms with van der Waals surface area (Å²) >= 11 is 3.34. The van der Waals surface area contributed by atoms with Gasteiger partial charge in [0.2, 0.25) is 10.0 Å². The Kier molecular flexibility index (Phi) is 4.82. The highest BCUT2D eigenvalue weighted by Gasteiger charge is 2.27. The van der Waals surface area contributed by atoms with Gasteiger partial charge in [0.1, 0.15) is 0 Å². The van der Waals surface area contributed by atoms with Gasteiger partial charge in [0, 0.05) is 36.2 Å². The molecule has 1 heterocycles. The second-order valence-electron chi connectivity index (χ2n) is 4.60. The lowest BCUT2D eigenvalue weighted by molar-refractivity contribution is 0.0698. The molecule has 0 spiro atoms. The van der Waals surface area contributed by atoms with E-state index in [0.29, 0.717) is 31.7 Å². The fourth-order valence-corrected chi connectivity index (χ4v) is 3.64. The van der Waals surface area contributed by atoms with E-state index in [-0.39, 0.29) is 11.7 Å². The van der Waals surface area contributed by atoms with E-state index in [1.54, 1.807) is 24.0 Å². The molecule has 2 rings (SSSR count). The fraction of sp³-hybridized carbons (Fsp3) is 0.462. The third-order valence-corrected chi connectivity index (χ3v) is 5.73. The molecule has 0 saturated carbocycles. The van der Waals surface area contributed by atoms with E-state index in [9.17, 15) is 13.2 Å². The van der Waals surface area contributed by atoms with Crippen molar-refractivity contribution >= 4 is 31.9 Å². The quantitative estimate of drug-likeness (QED) is 0.821. The lowest BCUT2D eigenvalue weighted by Crippen LogP contribution is -2.50. The standard InChI is InChI=1S/C13H17BrN2O3S/c1-2-20(18,19)16-8-6-15(7-9-16)13(17)11-4-3-5-12(14)10-11/h3-5,10H,2,6-9H2,1H3. The topological polar surface area (TPSA) is 57.7 Å². The molecule has 110 valence electrons. The van der Waals surface area contributed by atoms with Gasteiger partial charge in [0.25, 0.3) is 5.91 Å². The van der Waals surface area contributed by atoms with Crippen molar-refractivity contribution in [3.63, 3.8) is 0 Å². The van der Waals surface area contributed by atoms with Crippen LogP contribution in [0.1, 0.15) is 17.3 Å². The van der Waals surface area contributed by atoms with Crippen LogP contribution >= 0.6 is 15.9 Å². The fourth-order valence-electron chi connectivity index (χ4n) is 2.16. The second-order valence-corrected chi connectivity index (χ2v) is 7.78. The summed E-state index contributed by atoms with van der Waals surface area (Å²) in [6, 6.07) is 7.22. The van der Waals surface area contributed by atoms with Gasteiger partial charge in [-0.05, 0) is 25.1 Å². The van der Waals surface area contributed by atoms with Crippen LogP contribution in [0.25, 0.3) is 0 Å². The van der Waals surface area contributed by atoms with Crippen LogP contribution in [0.2, 0.25) is 0 Å². The maximum absolute atomic E-state index is 12.3. The third kappa shape index (κ3) is 3.39. The lowest BCUT2D eigenvalue weighted by Gasteiger charge is -2.33. The SMILES string of the molecule is CCS(=O)(=O)N1CCN(C(=O)c2cccc(Br)c2)CC1. The van der Waals surface area contributed by atoms with Gasteiger partial charge < -0.3 is 4.90 Å². The van der Waals surface area contributed by atoms with Crippen molar-refractivity contribution in [2.24, 2.45) is 0 Å². The van der Waals surface area contributed by atoms with Gasteiger partial charge in [0.15, 0.2) is 0 Å². The Labute approximate surface area is 127 Å². The highest BCUT2D eigenvalue weighted by molar-refractivity contribution is 9.10. The summed E-state index contributed by atoms with van der Waals surface area (Å²) in [4.78, 5) is 14.0. The van der Waals surface area contributed by atoms with E-state index in [0.717, 1.165) is 4.47 Å². The number of hydrogen-bond donors (Lipinski definition) is 0. The van der Waals surface area contributed by atoms with E-state index < -0.39 is 10.0 Å². The Morgan fingerprint density at radius 3 is 2.45 bits per heavy atom. The van der Waals surface area contributed by atoms with Crippen molar-refractivity contribution in [2.45, 2.75) is 6.92 Å². The van der Waals surface area contributed by atoms with Crippen molar-refractivity contribution in [3.05, 3.63) is 34.3 Å². The molecule has 0 atom stereocenters. The molecule has 1 aromatic rings. The first-order chi connectivity index (χ1) is 9.44. The summed E-state index contributed by atoms with van der Waals surface area (Å²) in [6.45, 7) is 3.25. The molecular formula is C13H17BrN2O3S. The van der Waals surface area contributed by atoms with Crippen LogP contribution in [-0.2, 0) is 10.0 Å². The van der Waals surface area contributed by atoms with Crippen LogP contribution in [0.15, 0.2) is 28.7 Å². The Morgan fingerprint density at radius 1 is 1.25 bits per heavy atom. The van der Waals surface area contributed by atoms with Crippen molar-refractivity contribution < 1.29 is 13.2 Å². The molecule has 1 aromatic carbocycles. The van der Waals surface area contributed by atoms with E-state index in [1.165, 1.54) is 4.31 Å². The van der Waals surface area contributed by atoms with Gasteiger partial charge in [-0.2, -0.15) is 4.31 Å². The average molecular weight is 361 g/mol. The predicted molar refractivity (Wildman–Crippen MR) is 81.1 cm³/mol. The number of halogens is 1. The molecule has 1 amide bonds. The second kappa shape index (κ2) is 6.24. The number of rotatable bonds is 3. The summed E-state index contributed by atoms with van der Waals surface area (Å²) < 4.78 is 25.8. The highest BCUT2D eigenvalue weighted by atomic mass is 79.9. The molecule has 0 aliphatic carbocycles. The molecule has 0 aromatic heterocycles. The minimum absolute atomic E-state index is 0.0557. The number of benzene rings is 1. The molecule has 20 heavy (non-hydrogen) atoms. The summed E-state index contributed by atoms with van der Waals surface area (Å²) in [7, 11) is -3.15. The Hall–Kier alpha value is -0.920. The zero-order chi connectivity index (χ0) is 14.8. The van der Waals surface area contributed by atoms with Crippen LogP contribution in [0.5, 0.6) is 0 Å². The smallest absolute Gasteiger partial charge is 0.253 e. The van der Waals surface area contributed by atoms with Gasteiger partial charge in [-0.15, -0.1) is 0 Å². The van der Waals surface area contributed by atoms with Crippen LogP contribution in [0.4, 0.5) is 0 Å². The number of amides is 1. The number of carbonyl (C=O) groups excluding carboxylic acids is 1. The third-order valence-electron chi connectivity index (χ3n) is 3.36. The molecule has 7 heteroatoms. The Balaban J connectivity index is 2.02. The lowest BCUT2D eigenvalue weighted by atomic mass is 10.2. The van der Waals surface area contributed by atoms with Crippen LogP contribution in [0, 0.1) is 0 Å². The number of sulfonamides is 1. The first-order valence-electron chi connectivity index (χ1n) is 6.46. The van der Waals surface area contributed by atoms with Crippen molar-refractivity contribution in [1.29, 1.82) is 0 Å². The van der Waals surface area contributed by atoms with E-state index in [1.807, 2.05) is 12.1 Å². The maximum Gasteiger partial charge on any atom is 0.253 e. The monoisotopic (exact) mass is 360 g/mol. The molecule has 1 saturated heterocycles. The number of carbonyl (C=O) groups is 1. The van der Waals surface area contributed by atoms with E-state index in [4.69, 9.17) is 0 Å². The summed E-state index contributed by atoms with van der Waals surface area (Å²) in [5.74, 6) is 0.0481.